The molecular formula is C73H63N. The Morgan fingerprint density at radius 2 is 0.595 bits per heavy atom. The van der Waals surface area contributed by atoms with E-state index in [0.29, 0.717) is 0 Å². The van der Waals surface area contributed by atoms with Crippen LogP contribution in [0.2, 0.25) is 0 Å². The van der Waals surface area contributed by atoms with Gasteiger partial charge in [-0.15, -0.1) is 0 Å². The van der Waals surface area contributed by atoms with E-state index < -0.39 is 5.41 Å². The highest BCUT2D eigenvalue weighted by Crippen LogP contribution is 2.60. The molecule has 0 aliphatic heterocycles. The van der Waals surface area contributed by atoms with Crippen molar-refractivity contribution in [1.29, 1.82) is 0 Å². The lowest BCUT2D eigenvalue weighted by atomic mass is 9.66. The Labute approximate surface area is 438 Å². The summed E-state index contributed by atoms with van der Waals surface area (Å²) in [7, 11) is 0. The first kappa shape index (κ1) is 45.8. The smallest absolute Gasteiger partial charge is 0.0714 e. The predicted molar refractivity (Wildman–Crippen MR) is 311 cm³/mol. The van der Waals surface area contributed by atoms with Gasteiger partial charge in [0.15, 0.2) is 0 Å². The molecule has 10 aromatic carbocycles. The van der Waals surface area contributed by atoms with Gasteiger partial charge >= 0.3 is 0 Å². The van der Waals surface area contributed by atoms with Gasteiger partial charge in [0, 0.05) is 27.9 Å². The average molecular weight is 954 g/mol. The van der Waals surface area contributed by atoms with E-state index in [9.17, 15) is 0 Å². The summed E-state index contributed by atoms with van der Waals surface area (Å²) in [6, 6.07) is 90.4. The maximum atomic E-state index is 2.56. The summed E-state index contributed by atoms with van der Waals surface area (Å²) < 4.78 is 0. The normalized spacial score (nSPS) is 17.7. The van der Waals surface area contributed by atoms with E-state index in [4.69, 9.17) is 0 Å². The largest absolute Gasteiger partial charge is 0.310 e. The minimum atomic E-state index is -0.618. The standard InChI is InChI=1S/C73H63N/c1-69(2,3)50-27-21-29-52(43-50)73(53-30-22-28-51(44-53)70(4,5)6)65-36-20-17-33-59(65)62-42-39-56(47-68(62)73)74(54-37-40-60-57-31-15-18-34-63(57)71(7,66(60)45-54)48-23-11-9-12-24-48)55-38-41-61-58-32-16-19-35-64(58)72(8,67(61)46-55)49-25-13-10-14-26-49/h9-47H,1-8H3. The molecule has 0 N–H and O–H groups in total. The molecule has 0 fully saturated rings. The third-order valence-electron chi connectivity index (χ3n) is 17.4. The minimum Gasteiger partial charge on any atom is -0.310 e. The van der Waals surface area contributed by atoms with Crippen molar-refractivity contribution in [3.8, 4) is 33.4 Å². The van der Waals surface area contributed by atoms with Crippen LogP contribution in [0.15, 0.2) is 237 Å². The maximum Gasteiger partial charge on any atom is 0.0714 e. The van der Waals surface area contributed by atoms with Crippen molar-refractivity contribution in [2.75, 3.05) is 4.90 Å². The van der Waals surface area contributed by atoms with Crippen LogP contribution in [0.1, 0.15) is 122 Å². The predicted octanol–water partition coefficient (Wildman–Crippen LogP) is 18.8. The average Bonchev–Trinajstić information content (AvgIpc) is 3.98. The summed E-state index contributed by atoms with van der Waals surface area (Å²) in [6.07, 6.45) is 0. The lowest BCUT2D eigenvalue weighted by Gasteiger charge is -2.37. The molecule has 74 heavy (non-hydrogen) atoms. The number of hydrogen-bond donors (Lipinski definition) is 0. The molecule has 13 rings (SSSR count). The second-order valence-corrected chi connectivity index (χ2v) is 23.6. The molecule has 0 radical (unpaired) electrons. The summed E-state index contributed by atoms with van der Waals surface area (Å²) in [5.41, 5.74) is 25.4. The zero-order valence-electron chi connectivity index (χ0n) is 44.0. The van der Waals surface area contributed by atoms with Crippen LogP contribution in [0.4, 0.5) is 17.1 Å². The van der Waals surface area contributed by atoms with Crippen LogP contribution in [-0.2, 0) is 27.1 Å². The molecule has 2 unspecified atom stereocenters. The number of hydrogen-bond acceptors (Lipinski definition) is 1. The second kappa shape index (κ2) is 16.5. The fourth-order valence-electron chi connectivity index (χ4n) is 13.5. The van der Waals surface area contributed by atoms with E-state index in [1.54, 1.807) is 0 Å². The first-order chi connectivity index (χ1) is 35.7. The molecule has 0 heterocycles. The molecule has 2 atom stereocenters. The first-order valence-corrected chi connectivity index (χ1v) is 26.6. The Bertz CT molecular complexity index is 3640. The van der Waals surface area contributed by atoms with E-state index in [0.717, 1.165) is 17.1 Å². The molecule has 3 aliphatic rings. The molecule has 3 aliphatic carbocycles. The number of rotatable bonds is 7. The number of fused-ring (bicyclic) bond motifs is 9. The van der Waals surface area contributed by atoms with Crippen molar-refractivity contribution in [1.82, 2.24) is 0 Å². The van der Waals surface area contributed by atoms with Crippen molar-refractivity contribution in [2.24, 2.45) is 0 Å². The van der Waals surface area contributed by atoms with Gasteiger partial charge in [-0.2, -0.15) is 0 Å². The second-order valence-electron chi connectivity index (χ2n) is 23.6. The van der Waals surface area contributed by atoms with E-state index in [1.807, 2.05) is 0 Å². The summed E-state index contributed by atoms with van der Waals surface area (Å²) >= 11 is 0. The van der Waals surface area contributed by atoms with Crippen LogP contribution in [0.3, 0.4) is 0 Å². The topological polar surface area (TPSA) is 3.24 Å². The molecule has 0 saturated heterocycles. The Hall–Kier alpha value is -8.00. The molecule has 360 valence electrons. The van der Waals surface area contributed by atoms with Gasteiger partial charge in [0.2, 0.25) is 0 Å². The van der Waals surface area contributed by atoms with Crippen molar-refractivity contribution < 1.29 is 0 Å². The highest BCUT2D eigenvalue weighted by Gasteiger charge is 2.48. The van der Waals surface area contributed by atoms with Crippen LogP contribution in [0, 0.1) is 0 Å². The molecule has 0 aromatic heterocycles. The highest BCUT2D eigenvalue weighted by molar-refractivity contribution is 5.93. The highest BCUT2D eigenvalue weighted by atomic mass is 15.1. The van der Waals surface area contributed by atoms with Crippen molar-refractivity contribution in [2.45, 2.75) is 82.5 Å². The van der Waals surface area contributed by atoms with Gasteiger partial charge in [-0.1, -0.05) is 242 Å². The minimum absolute atomic E-state index is 0.0486. The lowest BCUT2D eigenvalue weighted by molar-refractivity contribution is 0.585. The summed E-state index contributed by atoms with van der Waals surface area (Å²) in [5.74, 6) is 0. The Morgan fingerprint density at radius 1 is 0.270 bits per heavy atom. The van der Waals surface area contributed by atoms with Gasteiger partial charge in [0.1, 0.15) is 0 Å². The van der Waals surface area contributed by atoms with Crippen molar-refractivity contribution >= 4 is 17.1 Å². The zero-order chi connectivity index (χ0) is 50.8. The molecule has 1 heteroatoms. The number of benzene rings is 10. The van der Waals surface area contributed by atoms with Crippen LogP contribution in [0.25, 0.3) is 33.4 Å². The van der Waals surface area contributed by atoms with Crippen LogP contribution >= 0.6 is 0 Å². The molecule has 10 aromatic rings. The summed E-state index contributed by atoms with van der Waals surface area (Å²) in [4.78, 5) is 2.56. The van der Waals surface area contributed by atoms with Gasteiger partial charge in [0.25, 0.3) is 0 Å². The number of anilines is 3. The zero-order valence-corrected chi connectivity index (χ0v) is 44.0. The molecule has 0 saturated carbocycles. The molecule has 1 nitrogen and oxygen atoms in total. The monoisotopic (exact) mass is 953 g/mol. The SMILES string of the molecule is CC(C)(C)c1cccc(C2(c3cccc(C(C)(C)C)c3)c3ccccc3-c3ccc(N(c4ccc5c(c4)C(C)(c4ccccc4)c4ccccc4-5)c4ccc5c(c4)C(C)(c4ccccc4)c4ccccc4-5)cc32)c1. The van der Waals surface area contributed by atoms with Gasteiger partial charge in [-0.25, -0.2) is 0 Å². The van der Waals surface area contributed by atoms with Gasteiger partial charge in [-0.3, -0.25) is 0 Å². The molecule has 0 spiro atoms. The quantitative estimate of drug-likeness (QED) is 0.154. The summed E-state index contributed by atoms with van der Waals surface area (Å²) in [6.45, 7) is 18.9. The van der Waals surface area contributed by atoms with Crippen molar-refractivity contribution in [3.63, 3.8) is 0 Å². The molecular weight excluding hydrogens is 891 g/mol. The van der Waals surface area contributed by atoms with E-state index in [2.05, 4.69) is 297 Å². The third-order valence-corrected chi connectivity index (χ3v) is 17.4. The number of nitrogens with zero attached hydrogens (tertiary/aromatic N) is 1. The van der Waals surface area contributed by atoms with E-state index in [1.165, 1.54) is 100 Å². The van der Waals surface area contributed by atoms with Crippen LogP contribution in [0.5, 0.6) is 0 Å². The maximum absolute atomic E-state index is 2.56. The van der Waals surface area contributed by atoms with Gasteiger partial charge < -0.3 is 4.90 Å². The molecule has 0 amide bonds. The Kier molecular flexibility index (Phi) is 10.2. The third kappa shape index (κ3) is 6.61. The first-order valence-electron chi connectivity index (χ1n) is 26.6. The summed E-state index contributed by atoms with van der Waals surface area (Å²) in [5, 5.41) is 0. The van der Waals surface area contributed by atoms with Crippen LogP contribution < -0.4 is 4.90 Å². The molecule has 0 bridgehead atoms. The van der Waals surface area contributed by atoms with Crippen molar-refractivity contribution in [3.05, 3.63) is 303 Å². The fourth-order valence-corrected chi connectivity index (χ4v) is 13.5. The van der Waals surface area contributed by atoms with Gasteiger partial charge in [-0.05, 0) is 161 Å². The Balaban J connectivity index is 1.11. The Morgan fingerprint density at radius 3 is 1.01 bits per heavy atom. The van der Waals surface area contributed by atoms with Crippen LogP contribution in [-0.4, -0.2) is 0 Å². The van der Waals surface area contributed by atoms with E-state index in [-0.39, 0.29) is 21.7 Å². The van der Waals surface area contributed by atoms with E-state index >= 15 is 0 Å². The van der Waals surface area contributed by atoms with Gasteiger partial charge in [0.05, 0.1) is 5.41 Å². The fraction of sp³-hybridized carbons (Fsp3) is 0.178. The lowest BCUT2D eigenvalue weighted by Crippen LogP contribution is -2.30.